The highest BCUT2D eigenvalue weighted by atomic mass is 79.9. The molecule has 4 nitrogen and oxygen atoms in total. The van der Waals surface area contributed by atoms with E-state index >= 15 is 0 Å². The largest absolute Gasteiger partial charge is 0.363 e. The summed E-state index contributed by atoms with van der Waals surface area (Å²) in [5, 5.41) is 7.19. The molecule has 0 aliphatic rings. The molecule has 9 heteroatoms. The Morgan fingerprint density at radius 1 is 1.46 bits per heavy atom. The number of alkyl halides is 1. The molecule has 0 saturated heterocycles. The van der Waals surface area contributed by atoms with Crippen LogP contribution in [0.15, 0.2) is 22.8 Å². The SMILES string of the molecule is CC(F)CCc1cc2c(NCc3ccc(F)s3)nc(Cl)nn2c1Br. The van der Waals surface area contributed by atoms with Gasteiger partial charge >= 0.3 is 0 Å². The Morgan fingerprint density at radius 3 is 2.92 bits per heavy atom. The molecule has 128 valence electrons. The lowest BCUT2D eigenvalue weighted by Gasteiger charge is -2.06. The zero-order valence-electron chi connectivity index (χ0n) is 12.7. The van der Waals surface area contributed by atoms with E-state index in [0.29, 0.717) is 25.2 Å². The summed E-state index contributed by atoms with van der Waals surface area (Å²) < 4.78 is 28.6. The van der Waals surface area contributed by atoms with Crippen molar-refractivity contribution in [3.05, 3.63) is 43.7 Å². The second-order valence-corrected chi connectivity index (χ2v) is 7.57. The molecule has 3 rings (SSSR count). The van der Waals surface area contributed by atoms with Crippen molar-refractivity contribution in [1.82, 2.24) is 14.6 Å². The van der Waals surface area contributed by atoms with Gasteiger partial charge in [-0.2, -0.15) is 9.37 Å². The van der Waals surface area contributed by atoms with Gasteiger partial charge in [0.1, 0.15) is 10.1 Å². The number of nitrogens with one attached hydrogen (secondary N) is 1. The third kappa shape index (κ3) is 3.87. The maximum absolute atomic E-state index is 13.1. The van der Waals surface area contributed by atoms with E-state index in [9.17, 15) is 8.78 Å². The van der Waals surface area contributed by atoms with Crippen molar-refractivity contribution in [3.8, 4) is 0 Å². The highest BCUT2D eigenvalue weighted by molar-refractivity contribution is 9.10. The molecule has 0 aromatic carbocycles. The van der Waals surface area contributed by atoms with Crippen molar-refractivity contribution in [3.63, 3.8) is 0 Å². The molecule has 0 spiro atoms. The minimum absolute atomic E-state index is 0.0871. The molecule has 3 aromatic rings. The molecule has 1 N–H and O–H groups in total. The number of rotatable bonds is 6. The minimum Gasteiger partial charge on any atom is -0.363 e. The minimum atomic E-state index is -0.874. The van der Waals surface area contributed by atoms with E-state index in [0.717, 1.165) is 31.9 Å². The number of nitrogens with zero attached hydrogens (tertiary/aromatic N) is 3. The van der Waals surface area contributed by atoms with Gasteiger partial charge in [0, 0.05) is 4.88 Å². The lowest BCUT2D eigenvalue weighted by atomic mass is 10.1. The number of aromatic nitrogens is 3. The van der Waals surface area contributed by atoms with Crippen molar-refractivity contribution in [1.29, 1.82) is 0 Å². The summed E-state index contributed by atoms with van der Waals surface area (Å²) >= 11 is 10.6. The highest BCUT2D eigenvalue weighted by Gasteiger charge is 2.15. The van der Waals surface area contributed by atoms with Crippen LogP contribution >= 0.6 is 38.9 Å². The molecule has 1 unspecified atom stereocenters. The molecular formula is C15H14BrClF2N4S. The average molecular weight is 436 g/mol. The lowest BCUT2D eigenvalue weighted by molar-refractivity contribution is 0.341. The van der Waals surface area contributed by atoms with E-state index in [2.05, 4.69) is 31.3 Å². The van der Waals surface area contributed by atoms with Gasteiger partial charge in [0.2, 0.25) is 5.28 Å². The van der Waals surface area contributed by atoms with Crippen molar-refractivity contribution < 1.29 is 8.78 Å². The number of fused-ring (bicyclic) bond motifs is 1. The predicted octanol–water partition coefficient (Wildman–Crippen LogP) is 5.25. The Kier molecular flexibility index (Phi) is 5.36. The van der Waals surface area contributed by atoms with Crippen LogP contribution in [0.3, 0.4) is 0 Å². The van der Waals surface area contributed by atoms with Crippen LogP contribution in [0.4, 0.5) is 14.6 Å². The van der Waals surface area contributed by atoms with Gasteiger partial charge in [0.25, 0.3) is 0 Å². The zero-order valence-corrected chi connectivity index (χ0v) is 15.9. The smallest absolute Gasteiger partial charge is 0.243 e. The van der Waals surface area contributed by atoms with Crippen molar-refractivity contribution in [2.75, 3.05) is 5.32 Å². The lowest BCUT2D eigenvalue weighted by Crippen LogP contribution is -2.05. The van der Waals surface area contributed by atoms with Crippen LogP contribution in [0.5, 0.6) is 0 Å². The molecule has 0 radical (unpaired) electrons. The molecule has 3 aromatic heterocycles. The molecule has 0 bridgehead atoms. The molecular weight excluding hydrogens is 422 g/mol. The summed E-state index contributed by atoms with van der Waals surface area (Å²) in [6.07, 6.45) is 0.128. The Balaban J connectivity index is 1.90. The van der Waals surface area contributed by atoms with E-state index < -0.39 is 6.17 Å². The Morgan fingerprint density at radius 2 is 2.25 bits per heavy atom. The number of aryl methyl sites for hydroxylation is 1. The molecule has 0 fully saturated rings. The summed E-state index contributed by atoms with van der Waals surface area (Å²) in [6, 6.07) is 5.05. The summed E-state index contributed by atoms with van der Waals surface area (Å²) in [7, 11) is 0. The van der Waals surface area contributed by atoms with Gasteiger partial charge in [-0.15, -0.1) is 16.4 Å². The van der Waals surface area contributed by atoms with E-state index in [4.69, 9.17) is 11.6 Å². The first-order chi connectivity index (χ1) is 11.4. The monoisotopic (exact) mass is 434 g/mol. The molecule has 0 saturated carbocycles. The van der Waals surface area contributed by atoms with E-state index in [1.165, 1.54) is 13.0 Å². The number of halogens is 4. The quantitative estimate of drug-likeness (QED) is 0.575. The van der Waals surface area contributed by atoms with Gasteiger partial charge < -0.3 is 5.32 Å². The predicted molar refractivity (Wildman–Crippen MR) is 96.2 cm³/mol. The van der Waals surface area contributed by atoms with Crippen LogP contribution in [0.25, 0.3) is 5.52 Å². The fourth-order valence-corrected chi connectivity index (χ4v) is 3.74. The molecule has 0 aliphatic carbocycles. The average Bonchev–Trinajstić information content (AvgIpc) is 3.07. The van der Waals surface area contributed by atoms with E-state index in [1.807, 2.05) is 6.07 Å². The van der Waals surface area contributed by atoms with Crippen LogP contribution < -0.4 is 5.32 Å². The van der Waals surface area contributed by atoms with Crippen molar-refractivity contribution >= 4 is 50.2 Å². The third-order valence-corrected chi connectivity index (χ3v) is 5.37. The van der Waals surface area contributed by atoms with Gasteiger partial charge in [-0.05, 0) is 71.1 Å². The standard InChI is InChI=1S/C15H14BrClF2N4S/c1-8(18)2-3-9-6-11-14(20-7-10-4-5-12(19)24-10)21-15(17)22-23(11)13(9)16/h4-6,8H,2-3,7H2,1H3,(H,20,21,22). The van der Waals surface area contributed by atoms with Crippen LogP contribution in [-0.4, -0.2) is 20.8 Å². The van der Waals surface area contributed by atoms with Gasteiger partial charge in [0.15, 0.2) is 10.9 Å². The van der Waals surface area contributed by atoms with Gasteiger partial charge in [-0.1, -0.05) is 0 Å². The summed E-state index contributed by atoms with van der Waals surface area (Å²) in [5.41, 5.74) is 1.66. The summed E-state index contributed by atoms with van der Waals surface area (Å²) in [6.45, 7) is 1.96. The molecule has 1 atom stereocenters. The zero-order chi connectivity index (χ0) is 17.3. The fourth-order valence-electron chi connectivity index (χ4n) is 2.33. The molecule has 0 amide bonds. The first kappa shape index (κ1) is 17.6. The van der Waals surface area contributed by atoms with Crippen molar-refractivity contribution in [2.24, 2.45) is 0 Å². The second-order valence-electron chi connectivity index (χ2n) is 5.37. The van der Waals surface area contributed by atoms with Gasteiger partial charge in [0.05, 0.1) is 12.7 Å². The van der Waals surface area contributed by atoms with Crippen LogP contribution in [-0.2, 0) is 13.0 Å². The number of thiophene rings is 1. The maximum atomic E-state index is 13.1. The van der Waals surface area contributed by atoms with Gasteiger partial charge in [-0.25, -0.2) is 8.91 Å². The third-order valence-electron chi connectivity index (χ3n) is 3.49. The summed E-state index contributed by atoms with van der Waals surface area (Å²) in [4.78, 5) is 5.06. The summed E-state index contributed by atoms with van der Waals surface area (Å²) in [5.74, 6) is 0.545. The first-order valence-electron chi connectivity index (χ1n) is 7.30. The van der Waals surface area contributed by atoms with Crippen LogP contribution in [0, 0.1) is 5.13 Å². The number of anilines is 1. The van der Waals surface area contributed by atoms with Crippen molar-refractivity contribution in [2.45, 2.75) is 32.5 Å². The Bertz CT molecular complexity index is 865. The number of hydrogen-bond donors (Lipinski definition) is 1. The van der Waals surface area contributed by atoms with Crippen LogP contribution in [0.2, 0.25) is 5.28 Å². The Labute approximate surface area is 155 Å². The normalized spacial score (nSPS) is 12.7. The molecule has 0 aliphatic heterocycles. The van der Waals surface area contributed by atoms with Gasteiger partial charge in [-0.3, -0.25) is 0 Å². The number of hydrogen-bond acceptors (Lipinski definition) is 4. The maximum Gasteiger partial charge on any atom is 0.243 e. The Hall–Kier alpha value is -1.25. The van der Waals surface area contributed by atoms with Crippen LogP contribution in [0.1, 0.15) is 23.8 Å². The first-order valence-corrected chi connectivity index (χ1v) is 9.28. The highest BCUT2D eigenvalue weighted by Crippen LogP contribution is 2.28. The fraction of sp³-hybridized carbons (Fsp3) is 0.333. The second kappa shape index (κ2) is 7.33. The topological polar surface area (TPSA) is 42.2 Å². The van der Waals surface area contributed by atoms with E-state index in [1.54, 1.807) is 10.6 Å². The molecule has 24 heavy (non-hydrogen) atoms. The van der Waals surface area contributed by atoms with E-state index in [-0.39, 0.29) is 10.4 Å². The molecule has 3 heterocycles.